The lowest BCUT2D eigenvalue weighted by molar-refractivity contribution is 0.579. The van der Waals surface area contributed by atoms with Crippen molar-refractivity contribution in [3.05, 3.63) is 29.5 Å². The molecule has 13 heavy (non-hydrogen) atoms. The molecule has 0 aromatic carbocycles. The molecule has 66 valence electrons. The highest BCUT2D eigenvalue weighted by molar-refractivity contribution is 6.32. The first kappa shape index (κ1) is 8.07. The van der Waals surface area contributed by atoms with Crippen molar-refractivity contribution in [2.24, 2.45) is 0 Å². The number of anilines is 1. The largest absolute Gasteiger partial charge is 0.463 e. The number of hydrogen-bond donors (Lipinski definition) is 1. The summed E-state index contributed by atoms with van der Waals surface area (Å²) >= 11 is 5.76. The van der Waals surface area contributed by atoms with E-state index in [1.54, 1.807) is 24.5 Å². The minimum Gasteiger partial charge on any atom is -0.463 e. The van der Waals surface area contributed by atoms with Gasteiger partial charge in [0, 0.05) is 0 Å². The van der Waals surface area contributed by atoms with Crippen molar-refractivity contribution >= 4 is 17.4 Å². The average Bonchev–Trinajstić information content (AvgIpc) is 2.62. The number of nitrogens with zero attached hydrogens (tertiary/aromatic N) is 2. The summed E-state index contributed by atoms with van der Waals surface area (Å²) in [6, 6.07) is 5.15. The number of rotatable bonds is 1. The molecule has 0 aliphatic heterocycles. The van der Waals surface area contributed by atoms with Gasteiger partial charge in [-0.1, -0.05) is 11.6 Å². The first-order valence-corrected chi connectivity index (χ1v) is 3.98. The lowest BCUT2D eigenvalue weighted by Gasteiger charge is -1.97. The van der Waals surface area contributed by atoms with Gasteiger partial charge in [0.1, 0.15) is 5.69 Å². The van der Waals surface area contributed by atoms with Gasteiger partial charge in [-0.2, -0.15) is 0 Å². The fraction of sp³-hybridized carbons (Fsp3) is 0. The Labute approximate surface area is 79.3 Å². The van der Waals surface area contributed by atoms with E-state index in [0.717, 1.165) is 0 Å². The van der Waals surface area contributed by atoms with Gasteiger partial charge in [0.25, 0.3) is 0 Å². The molecule has 5 heteroatoms. The lowest BCUT2D eigenvalue weighted by Crippen LogP contribution is -1.95. The Hall–Kier alpha value is -1.55. The van der Waals surface area contributed by atoms with E-state index in [4.69, 9.17) is 21.8 Å². The summed E-state index contributed by atoms with van der Waals surface area (Å²) in [4.78, 5) is 0. The fourth-order valence-corrected chi connectivity index (χ4v) is 1.06. The highest BCUT2D eigenvalue weighted by Crippen LogP contribution is 2.22. The van der Waals surface area contributed by atoms with E-state index < -0.39 is 0 Å². The van der Waals surface area contributed by atoms with Crippen LogP contribution in [0.1, 0.15) is 0 Å². The lowest BCUT2D eigenvalue weighted by atomic mass is 10.3. The molecule has 0 aliphatic carbocycles. The van der Waals surface area contributed by atoms with E-state index >= 15 is 0 Å². The maximum Gasteiger partial charge on any atom is 0.164 e. The van der Waals surface area contributed by atoms with Crippen LogP contribution in [0.15, 0.2) is 28.9 Å². The number of nitrogen functional groups attached to an aromatic ring is 1. The van der Waals surface area contributed by atoms with Crippen molar-refractivity contribution in [3.63, 3.8) is 0 Å². The van der Waals surface area contributed by atoms with Gasteiger partial charge in [0.15, 0.2) is 11.6 Å². The van der Waals surface area contributed by atoms with Gasteiger partial charge in [0.05, 0.1) is 11.3 Å². The van der Waals surface area contributed by atoms with Crippen molar-refractivity contribution in [1.82, 2.24) is 10.2 Å². The molecule has 0 saturated carbocycles. The molecule has 0 amide bonds. The van der Waals surface area contributed by atoms with Gasteiger partial charge in [-0.25, -0.2) is 0 Å². The minimum atomic E-state index is 0.219. The Kier molecular flexibility index (Phi) is 1.90. The molecule has 2 rings (SSSR count). The predicted octanol–water partition coefficient (Wildman–Crippen LogP) is 1.97. The summed E-state index contributed by atoms with van der Waals surface area (Å²) in [5.41, 5.74) is 5.98. The van der Waals surface area contributed by atoms with Crippen LogP contribution in [0.2, 0.25) is 5.02 Å². The first-order valence-electron chi connectivity index (χ1n) is 3.60. The van der Waals surface area contributed by atoms with E-state index in [0.29, 0.717) is 16.5 Å². The number of halogens is 1. The maximum absolute atomic E-state index is 5.76. The quantitative estimate of drug-likeness (QED) is 0.756. The molecule has 0 bridgehead atoms. The second-order valence-corrected chi connectivity index (χ2v) is 2.85. The molecule has 2 heterocycles. The van der Waals surface area contributed by atoms with Gasteiger partial charge < -0.3 is 10.2 Å². The van der Waals surface area contributed by atoms with Gasteiger partial charge in [-0.3, -0.25) is 0 Å². The Bertz CT molecular complexity index is 413. The van der Waals surface area contributed by atoms with E-state index in [1.807, 2.05) is 0 Å². The number of furan rings is 1. The second-order valence-electron chi connectivity index (χ2n) is 2.44. The first-order chi connectivity index (χ1) is 6.27. The SMILES string of the molecule is Nc1nnc(-c2ccco2)cc1Cl. The molecule has 0 aliphatic rings. The monoisotopic (exact) mass is 195 g/mol. The summed E-state index contributed by atoms with van der Waals surface area (Å²) in [6.45, 7) is 0. The second kappa shape index (κ2) is 3.06. The highest BCUT2D eigenvalue weighted by Gasteiger charge is 2.05. The molecule has 0 radical (unpaired) electrons. The summed E-state index contributed by atoms with van der Waals surface area (Å²) in [6.07, 6.45) is 1.56. The molecule has 0 atom stereocenters. The normalized spacial score (nSPS) is 10.2. The smallest absolute Gasteiger partial charge is 0.164 e. The van der Waals surface area contributed by atoms with Crippen molar-refractivity contribution in [2.75, 3.05) is 5.73 Å². The molecular formula is C8H6ClN3O. The number of nitrogens with two attached hydrogens (primary N) is 1. The molecule has 0 fully saturated rings. The topological polar surface area (TPSA) is 64.9 Å². The summed E-state index contributed by atoms with van der Waals surface area (Å²) in [5, 5.41) is 7.88. The predicted molar refractivity (Wildman–Crippen MR) is 49.2 cm³/mol. The molecule has 2 N–H and O–H groups in total. The Morgan fingerprint density at radius 3 is 2.85 bits per heavy atom. The highest BCUT2D eigenvalue weighted by atomic mass is 35.5. The molecular weight excluding hydrogens is 190 g/mol. The van der Waals surface area contributed by atoms with Gasteiger partial charge in [-0.05, 0) is 18.2 Å². The van der Waals surface area contributed by atoms with E-state index in [1.165, 1.54) is 0 Å². The van der Waals surface area contributed by atoms with Crippen LogP contribution in [-0.2, 0) is 0 Å². The van der Waals surface area contributed by atoms with Crippen LogP contribution >= 0.6 is 11.6 Å². The van der Waals surface area contributed by atoms with Crippen LogP contribution in [0.25, 0.3) is 11.5 Å². The van der Waals surface area contributed by atoms with E-state index in [2.05, 4.69) is 10.2 Å². The molecule has 4 nitrogen and oxygen atoms in total. The third-order valence-corrected chi connectivity index (χ3v) is 1.85. The van der Waals surface area contributed by atoms with E-state index in [-0.39, 0.29) is 5.82 Å². The zero-order valence-electron chi connectivity index (χ0n) is 6.57. The molecule has 2 aromatic heterocycles. The Morgan fingerprint density at radius 2 is 2.23 bits per heavy atom. The standard InChI is InChI=1S/C8H6ClN3O/c9-5-4-6(11-12-8(5)10)7-2-1-3-13-7/h1-4H,(H2,10,12). The Balaban J connectivity index is 2.49. The third kappa shape index (κ3) is 1.48. The van der Waals surface area contributed by atoms with Crippen LogP contribution in [0.3, 0.4) is 0 Å². The third-order valence-electron chi connectivity index (χ3n) is 1.55. The van der Waals surface area contributed by atoms with Crippen molar-refractivity contribution in [1.29, 1.82) is 0 Å². The Morgan fingerprint density at radius 1 is 1.38 bits per heavy atom. The average molecular weight is 196 g/mol. The van der Waals surface area contributed by atoms with Gasteiger partial charge in [-0.15, -0.1) is 10.2 Å². The zero-order chi connectivity index (χ0) is 9.26. The van der Waals surface area contributed by atoms with Gasteiger partial charge >= 0.3 is 0 Å². The zero-order valence-corrected chi connectivity index (χ0v) is 7.32. The minimum absolute atomic E-state index is 0.219. The van der Waals surface area contributed by atoms with Crippen molar-refractivity contribution in [3.8, 4) is 11.5 Å². The van der Waals surface area contributed by atoms with Crippen LogP contribution < -0.4 is 5.73 Å². The van der Waals surface area contributed by atoms with Crippen LogP contribution in [0, 0.1) is 0 Å². The number of hydrogen-bond acceptors (Lipinski definition) is 4. The summed E-state index contributed by atoms with van der Waals surface area (Å²) < 4.78 is 5.11. The van der Waals surface area contributed by atoms with Gasteiger partial charge in [0.2, 0.25) is 0 Å². The fourth-order valence-electron chi connectivity index (χ4n) is 0.923. The molecule has 2 aromatic rings. The molecule has 0 unspecified atom stereocenters. The number of aromatic nitrogens is 2. The van der Waals surface area contributed by atoms with Crippen molar-refractivity contribution in [2.45, 2.75) is 0 Å². The van der Waals surface area contributed by atoms with Crippen LogP contribution in [-0.4, -0.2) is 10.2 Å². The van der Waals surface area contributed by atoms with Crippen LogP contribution in [0.5, 0.6) is 0 Å². The van der Waals surface area contributed by atoms with Crippen molar-refractivity contribution < 1.29 is 4.42 Å². The maximum atomic E-state index is 5.76. The molecule has 0 saturated heterocycles. The van der Waals surface area contributed by atoms with Crippen LogP contribution in [0.4, 0.5) is 5.82 Å². The summed E-state index contributed by atoms with van der Waals surface area (Å²) in [5.74, 6) is 0.839. The van der Waals surface area contributed by atoms with E-state index in [9.17, 15) is 0 Å². The summed E-state index contributed by atoms with van der Waals surface area (Å²) in [7, 11) is 0. The molecule has 0 spiro atoms.